The summed E-state index contributed by atoms with van der Waals surface area (Å²) in [6.45, 7) is 8.72. The second-order valence-corrected chi connectivity index (χ2v) is 5.89. The van der Waals surface area contributed by atoms with Crippen molar-refractivity contribution in [3.05, 3.63) is 35.3 Å². The molecule has 0 saturated heterocycles. The summed E-state index contributed by atoms with van der Waals surface area (Å²) < 4.78 is 11.2. The van der Waals surface area contributed by atoms with Crippen LogP contribution in [-0.4, -0.2) is 12.1 Å². The largest absolute Gasteiger partial charge is 0.496 e. The lowest BCUT2D eigenvalue weighted by Crippen LogP contribution is -2.12. The van der Waals surface area contributed by atoms with Gasteiger partial charge in [0.05, 0.1) is 19.3 Å². The Bertz CT molecular complexity index is 609. The van der Waals surface area contributed by atoms with Crippen LogP contribution in [0.25, 0.3) is 11.3 Å². The summed E-state index contributed by atoms with van der Waals surface area (Å²) in [6.07, 6.45) is 0. The van der Waals surface area contributed by atoms with Crippen molar-refractivity contribution in [3.8, 4) is 17.1 Å². The summed E-state index contributed by atoms with van der Waals surface area (Å²) in [7, 11) is 1.69. The number of methoxy groups -OCH3 is 1. The van der Waals surface area contributed by atoms with Crippen LogP contribution in [-0.2, 0) is 12.0 Å². The maximum atomic E-state index is 5.71. The lowest BCUT2D eigenvalue weighted by atomic mass is 9.85. The first-order valence-corrected chi connectivity index (χ1v) is 6.72. The maximum absolute atomic E-state index is 5.71. The molecular weight excluding hydrogens is 252 g/mol. The Balaban J connectivity index is 2.55. The molecule has 0 aliphatic carbocycles. The Labute approximate surface area is 120 Å². The van der Waals surface area contributed by atoms with Crippen LogP contribution in [0, 0.1) is 6.92 Å². The zero-order chi connectivity index (χ0) is 14.9. The van der Waals surface area contributed by atoms with Crippen LogP contribution in [0.2, 0.25) is 0 Å². The number of nitrogens with two attached hydrogens (primary N) is 1. The number of hydrogen-bond acceptors (Lipinski definition) is 4. The van der Waals surface area contributed by atoms with Crippen LogP contribution < -0.4 is 10.5 Å². The number of rotatable bonds is 3. The highest BCUT2D eigenvalue weighted by Crippen LogP contribution is 2.35. The van der Waals surface area contributed by atoms with Crippen LogP contribution in [0.1, 0.15) is 37.9 Å². The molecule has 0 saturated carbocycles. The average molecular weight is 274 g/mol. The Hall–Kier alpha value is -1.81. The van der Waals surface area contributed by atoms with Crippen molar-refractivity contribution < 1.29 is 9.15 Å². The van der Waals surface area contributed by atoms with E-state index in [0.717, 1.165) is 28.3 Å². The lowest BCUT2D eigenvalue weighted by Gasteiger charge is -2.22. The molecule has 4 nitrogen and oxygen atoms in total. The fraction of sp³-hybridized carbons (Fsp3) is 0.438. The van der Waals surface area contributed by atoms with Gasteiger partial charge in [-0.15, -0.1) is 0 Å². The molecule has 1 aromatic carbocycles. The van der Waals surface area contributed by atoms with E-state index in [1.807, 2.05) is 19.1 Å². The van der Waals surface area contributed by atoms with Crippen LogP contribution in [0.4, 0.5) is 0 Å². The quantitative estimate of drug-likeness (QED) is 0.931. The Morgan fingerprint density at radius 3 is 2.50 bits per heavy atom. The Kier molecular flexibility index (Phi) is 3.86. The topological polar surface area (TPSA) is 61.3 Å². The summed E-state index contributed by atoms with van der Waals surface area (Å²) in [5, 5.41) is 0. The van der Waals surface area contributed by atoms with E-state index >= 15 is 0 Å². The minimum absolute atomic E-state index is 0.00796. The van der Waals surface area contributed by atoms with E-state index in [0.29, 0.717) is 12.4 Å². The van der Waals surface area contributed by atoms with Gasteiger partial charge in [-0.2, -0.15) is 0 Å². The molecule has 1 aromatic heterocycles. The summed E-state index contributed by atoms with van der Waals surface area (Å²) >= 11 is 0. The van der Waals surface area contributed by atoms with Crippen molar-refractivity contribution in [2.45, 2.75) is 39.7 Å². The molecule has 0 amide bonds. The highest BCUT2D eigenvalue weighted by molar-refractivity contribution is 5.63. The third-order valence-electron chi connectivity index (χ3n) is 3.29. The molecule has 1 heterocycles. The fourth-order valence-corrected chi connectivity index (χ4v) is 2.24. The first kappa shape index (κ1) is 14.6. The van der Waals surface area contributed by atoms with Gasteiger partial charge in [0.1, 0.15) is 5.75 Å². The molecule has 0 aliphatic rings. The van der Waals surface area contributed by atoms with Gasteiger partial charge in [-0.25, -0.2) is 4.98 Å². The third kappa shape index (κ3) is 2.70. The van der Waals surface area contributed by atoms with E-state index in [2.05, 4.69) is 31.8 Å². The van der Waals surface area contributed by atoms with Gasteiger partial charge in [0, 0.05) is 11.1 Å². The zero-order valence-corrected chi connectivity index (χ0v) is 12.8. The molecule has 0 atom stereocenters. The number of aryl methyl sites for hydroxylation is 1. The van der Waals surface area contributed by atoms with Gasteiger partial charge in [0.2, 0.25) is 5.89 Å². The van der Waals surface area contributed by atoms with Crippen LogP contribution in [0.3, 0.4) is 0 Å². The molecule has 4 heteroatoms. The molecule has 20 heavy (non-hydrogen) atoms. The van der Waals surface area contributed by atoms with Crippen LogP contribution in [0.5, 0.6) is 5.75 Å². The van der Waals surface area contributed by atoms with E-state index in [4.69, 9.17) is 14.9 Å². The smallest absolute Gasteiger partial charge is 0.208 e. The van der Waals surface area contributed by atoms with Crippen molar-refractivity contribution in [2.24, 2.45) is 5.73 Å². The maximum Gasteiger partial charge on any atom is 0.208 e. The van der Waals surface area contributed by atoms with E-state index in [1.165, 1.54) is 0 Å². The standard InChI is InChI=1S/C16H22N2O2/c1-10-15(20-14(9-17)18-10)11-6-7-13(19-5)12(8-11)16(2,3)4/h6-8H,9,17H2,1-5H3. The minimum Gasteiger partial charge on any atom is -0.496 e. The first-order chi connectivity index (χ1) is 9.36. The van der Waals surface area contributed by atoms with Crippen molar-refractivity contribution in [1.82, 2.24) is 4.98 Å². The van der Waals surface area contributed by atoms with Crippen LogP contribution >= 0.6 is 0 Å². The zero-order valence-electron chi connectivity index (χ0n) is 12.8. The number of nitrogens with zero attached hydrogens (tertiary/aromatic N) is 1. The number of aromatic nitrogens is 1. The van der Waals surface area contributed by atoms with Crippen molar-refractivity contribution in [2.75, 3.05) is 7.11 Å². The molecule has 0 unspecified atom stereocenters. The number of benzene rings is 1. The average Bonchev–Trinajstić information content (AvgIpc) is 2.78. The first-order valence-electron chi connectivity index (χ1n) is 6.72. The van der Waals surface area contributed by atoms with Gasteiger partial charge in [0.25, 0.3) is 0 Å². The second-order valence-electron chi connectivity index (χ2n) is 5.89. The second kappa shape index (κ2) is 5.29. The predicted octanol–water partition coefficient (Wildman–Crippen LogP) is 3.41. The van der Waals surface area contributed by atoms with E-state index in [-0.39, 0.29) is 5.41 Å². The molecule has 108 valence electrons. The van der Waals surface area contributed by atoms with Crippen molar-refractivity contribution >= 4 is 0 Å². The summed E-state index contributed by atoms with van der Waals surface area (Å²) in [5.74, 6) is 2.22. The molecule has 0 radical (unpaired) electrons. The SMILES string of the molecule is COc1ccc(-c2oc(CN)nc2C)cc1C(C)(C)C. The van der Waals surface area contributed by atoms with Gasteiger partial charge >= 0.3 is 0 Å². The molecule has 2 aromatic rings. The molecule has 0 fully saturated rings. The summed E-state index contributed by atoms with van der Waals surface area (Å²) in [6, 6.07) is 6.06. The molecule has 0 spiro atoms. The summed E-state index contributed by atoms with van der Waals surface area (Å²) in [4.78, 5) is 4.32. The lowest BCUT2D eigenvalue weighted by molar-refractivity contribution is 0.397. The highest BCUT2D eigenvalue weighted by Gasteiger charge is 2.21. The summed E-state index contributed by atoms with van der Waals surface area (Å²) in [5.41, 5.74) is 8.57. The van der Waals surface area contributed by atoms with Crippen molar-refractivity contribution in [3.63, 3.8) is 0 Å². The molecule has 0 bridgehead atoms. The van der Waals surface area contributed by atoms with Gasteiger partial charge in [-0.1, -0.05) is 20.8 Å². The molecule has 2 N–H and O–H groups in total. The monoisotopic (exact) mass is 274 g/mol. The van der Waals surface area contributed by atoms with Gasteiger partial charge < -0.3 is 14.9 Å². The normalized spacial score (nSPS) is 11.7. The minimum atomic E-state index is -0.00796. The predicted molar refractivity (Wildman–Crippen MR) is 79.8 cm³/mol. The van der Waals surface area contributed by atoms with E-state index in [9.17, 15) is 0 Å². The molecular formula is C16H22N2O2. The van der Waals surface area contributed by atoms with Gasteiger partial charge in [-0.3, -0.25) is 0 Å². The van der Waals surface area contributed by atoms with Crippen molar-refractivity contribution in [1.29, 1.82) is 0 Å². The van der Waals surface area contributed by atoms with E-state index in [1.54, 1.807) is 7.11 Å². The number of ether oxygens (including phenoxy) is 1. The number of hydrogen-bond donors (Lipinski definition) is 1. The Morgan fingerprint density at radius 1 is 1.30 bits per heavy atom. The van der Waals surface area contributed by atoms with Crippen LogP contribution in [0.15, 0.2) is 22.6 Å². The number of oxazole rings is 1. The highest BCUT2D eigenvalue weighted by atomic mass is 16.5. The van der Waals surface area contributed by atoms with Gasteiger partial charge in [0.15, 0.2) is 5.76 Å². The third-order valence-corrected chi connectivity index (χ3v) is 3.29. The van der Waals surface area contributed by atoms with Gasteiger partial charge in [-0.05, 0) is 30.5 Å². The molecule has 0 aliphatic heterocycles. The molecule has 2 rings (SSSR count). The fourth-order valence-electron chi connectivity index (χ4n) is 2.24. The van der Waals surface area contributed by atoms with E-state index < -0.39 is 0 Å². The Morgan fingerprint density at radius 2 is 2.00 bits per heavy atom.